The van der Waals surface area contributed by atoms with Crippen molar-refractivity contribution < 1.29 is 14.3 Å². The summed E-state index contributed by atoms with van der Waals surface area (Å²) in [6.45, 7) is 3.71. The number of nitrogens with zero attached hydrogens (tertiary/aromatic N) is 2. The van der Waals surface area contributed by atoms with Crippen LogP contribution >= 0.6 is 0 Å². The molecule has 134 valence electrons. The number of carbonyl (C=O) groups excluding carboxylic acids is 1. The summed E-state index contributed by atoms with van der Waals surface area (Å²) >= 11 is 0. The van der Waals surface area contributed by atoms with Crippen molar-refractivity contribution in [1.29, 1.82) is 0 Å². The van der Waals surface area contributed by atoms with Crippen LogP contribution in [0.4, 0.5) is 5.69 Å². The highest BCUT2D eigenvalue weighted by molar-refractivity contribution is 6.06. The summed E-state index contributed by atoms with van der Waals surface area (Å²) in [4.78, 5) is 12.9. The predicted molar refractivity (Wildman–Crippen MR) is 101 cm³/mol. The van der Waals surface area contributed by atoms with Crippen molar-refractivity contribution in [3.63, 3.8) is 0 Å². The summed E-state index contributed by atoms with van der Waals surface area (Å²) in [6, 6.07) is 15.0. The van der Waals surface area contributed by atoms with Gasteiger partial charge < -0.3 is 14.8 Å². The maximum Gasteiger partial charge on any atom is 0.259 e. The van der Waals surface area contributed by atoms with Gasteiger partial charge in [-0.25, -0.2) is 4.68 Å². The van der Waals surface area contributed by atoms with E-state index in [4.69, 9.17) is 9.47 Å². The van der Waals surface area contributed by atoms with E-state index in [9.17, 15) is 4.79 Å². The minimum Gasteiger partial charge on any atom is -0.497 e. The van der Waals surface area contributed by atoms with Gasteiger partial charge >= 0.3 is 0 Å². The maximum absolute atomic E-state index is 12.9. The third-order valence-corrected chi connectivity index (χ3v) is 4.13. The van der Waals surface area contributed by atoms with Gasteiger partial charge in [0.15, 0.2) is 0 Å². The molecular weight excluding hydrogens is 330 g/mol. The van der Waals surface area contributed by atoms with Crippen LogP contribution in [0.15, 0.2) is 48.5 Å². The molecule has 0 fully saturated rings. The van der Waals surface area contributed by atoms with Gasteiger partial charge in [-0.1, -0.05) is 18.2 Å². The third kappa shape index (κ3) is 3.39. The minimum absolute atomic E-state index is 0.225. The Kier molecular flexibility index (Phi) is 4.93. The number of nitrogens with one attached hydrogen (secondary N) is 1. The largest absolute Gasteiger partial charge is 0.497 e. The fraction of sp³-hybridized carbons (Fsp3) is 0.200. The molecule has 1 heterocycles. The average Bonchev–Trinajstić information content (AvgIpc) is 2.96. The molecule has 3 aromatic rings. The van der Waals surface area contributed by atoms with Crippen molar-refractivity contribution in [2.75, 3.05) is 19.5 Å². The Balaban J connectivity index is 1.93. The molecule has 3 rings (SSSR count). The zero-order valence-corrected chi connectivity index (χ0v) is 15.2. The van der Waals surface area contributed by atoms with Gasteiger partial charge in [-0.05, 0) is 26.0 Å². The highest BCUT2D eigenvalue weighted by Crippen LogP contribution is 2.27. The lowest BCUT2D eigenvalue weighted by molar-refractivity contribution is 0.102. The Morgan fingerprint density at radius 2 is 1.62 bits per heavy atom. The van der Waals surface area contributed by atoms with E-state index in [-0.39, 0.29) is 5.91 Å². The molecule has 26 heavy (non-hydrogen) atoms. The second kappa shape index (κ2) is 7.31. The number of para-hydroxylation sites is 1. The Bertz CT molecular complexity index is 911. The van der Waals surface area contributed by atoms with Crippen molar-refractivity contribution in [2.45, 2.75) is 13.8 Å². The van der Waals surface area contributed by atoms with Crippen molar-refractivity contribution in [2.24, 2.45) is 0 Å². The SMILES string of the molecule is COc1cc(NC(=O)c2c(C)nn(-c3ccccc3)c2C)cc(OC)c1. The summed E-state index contributed by atoms with van der Waals surface area (Å²) in [6.07, 6.45) is 0. The molecule has 0 aliphatic carbocycles. The molecule has 0 radical (unpaired) electrons. The normalized spacial score (nSPS) is 10.5. The van der Waals surface area contributed by atoms with Crippen LogP contribution in [0.1, 0.15) is 21.7 Å². The zero-order valence-electron chi connectivity index (χ0n) is 15.2. The van der Waals surface area contributed by atoms with Crippen LogP contribution in [-0.2, 0) is 0 Å². The van der Waals surface area contributed by atoms with E-state index in [0.717, 1.165) is 11.4 Å². The number of anilines is 1. The maximum atomic E-state index is 12.9. The fourth-order valence-corrected chi connectivity index (χ4v) is 2.87. The molecule has 0 aliphatic heterocycles. The number of ether oxygens (including phenoxy) is 2. The van der Waals surface area contributed by atoms with Crippen LogP contribution in [0.3, 0.4) is 0 Å². The molecular formula is C20H21N3O3. The molecule has 0 unspecified atom stereocenters. The van der Waals surface area contributed by atoms with Crippen molar-refractivity contribution in [1.82, 2.24) is 9.78 Å². The average molecular weight is 351 g/mol. The van der Waals surface area contributed by atoms with E-state index >= 15 is 0 Å². The van der Waals surface area contributed by atoms with E-state index in [1.54, 1.807) is 37.1 Å². The highest BCUT2D eigenvalue weighted by atomic mass is 16.5. The summed E-state index contributed by atoms with van der Waals surface area (Å²) in [5.74, 6) is 0.985. The molecule has 2 aromatic carbocycles. The third-order valence-electron chi connectivity index (χ3n) is 4.13. The number of methoxy groups -OCH3 is 2. The predicted octanol–water partition coefficient (Wildman–Crippen LogP) is 3.76. The Morgan fingerprint density at radius 3 is 2.19 bits per heavy atom. The van der Waals surface area contributed by atoms with E-state index in [1.165, 1.54) is 0 Å². The van der Waals surface area contributed by atoms with Gasteiger partial charge in [0.25, 0.3) is 5.91 Å². The van der Waals surface area contributed by atoms with Gasteiger partial charge in [0.1, 0.15) is 11.5 Å². The second-order valence-corrected chi connectivity index (χ2v) is 5.85. The number of carbonyl (C=O) groups is 1. The molecule has 1 aromatic heterocycles. The lowest BCUT2D eigenvalue weighted by atomic mass is 10.1. The van der Waals surface area contributed by atoms with Gasteiger partial charge in [-0.15, -0.1) is 0 Å². The first kappa shape index (κ1) is 17.5. The lowest BCUT2D eigenvalue weighted by Crippen LogP contribution is -2.14. The standard InChI is InChI=1S/C20H21N3O3/c1-13-19(14(2)23(22-13)16-8-6-5-7-9-16)20(24)21-15-10-17(25-3)12-18(11-15)26-4/h5-12H,1-4H3,(H,21,24). The molecule has 0 saturated carbocycles. The first-order valence-electron chi connectivity index (χ1n) is 8.19. The van der Waals surface area contributed by atoms with Gasteiger partial charge in [-0.3, -0.25) is 4.79 Å². The smallest absolute Gasteiger partial charge is 0.259 e. The van der Waals surface area contributed by atoms with Crippen LogP contribution in [0.2, 0.25) is 0 Å². The zero-order chi connectivity index (χ0) is 18.7. The van der Waals surface area contributed by atoms with E-state index < -0.39 is 0 Å². The van der Waals surface area contributed by atoms with Crippen LogP contribution in [0, 0.1) is 13.8 Å². The number of aryl methyl sites for hydroxylation is 1. The lowest BCUT2D eigenvalue weighted by Gasteiger charge is -2.10. The quantitative estimate of drug-likeness (QED) is 0.760. The molecule has 0 atom stereocenters. The molecule has 6 nitrogen and oxygen atoms in total. The Morgan fingerprint density at radius 1 is 1.00 bits per heavy atom. The highest BCUT2D eigenvalue weighted by Gasteiger charge is 2.20. The summed E-state index contributed by atoms with van der Waals surface area (Å²) in [5.41, 5.74) is 3.50. The molecule has 0 bridgehead atoms. The number of hydrogen-bond donors (Lipinski definition) is 1. The first-order chi connectivity index (χ1) is 12.5. The number of amides is 1. The van der Waals surface area contributed by atoms with E-state index in [0.29, 0.717) is 28.4 Å². The van der Waals surface area contributed by atoms with E-state index in [2.05, 4.69) is 10.4 Å². The summed E-state index contributed by atoms with van der Waals surface area (Å²) in [5, 5.41) is 7.42. The minimum atomic E-state index is -0.225. The van der Waals surface area contributed by atoms with Crippen LogP contribution in [0.25, 0.3) is 5.69 Å². The van der Waals surface area contributed by atoms with Crippen molar-refractivity contribution in [3.8, 4) is 17.2 Å². The number of aromatic nitrogens is 2. The van der Waals surface area contributed by atoms with Gasteiger partial charge in [0, 0.05) is 23.9 Å². The van der Waals surface area contributed by atoms with Gasteiger partial charge in [-0.2, -0.15) is 5.10 Å². The number of hydrogen-bond acceptors (Lipinski definition) is 4. The number of rotatable bonds is 5. The molecule has 1 N–H and O–H groups in total. The van der Waals surface area contributed by atoms with Crippen LogP contribution in [-0.4, -0.2) is 29.9 Å². The van der Waals surface area contributed by atoms with Crippen molar-refractivity contribution in [3.05, 3.63) is 65.5 Å². The molecule has 0 aliphatic rings. The number of benzene rings is 2. The van der Waals surface area contributed by atoms with Crippen LogP contribution < -0.4 is 14.8 Å². The second-order valence-electron chi connectivity index (χ2n) is 5.85. The molecule has 6 heteroatoms. The van der Waals surface area contributed by atoms with Gasteiger partial charge in [0.2, 0.25) is 0 Å². The molecule has 0 spiro atoms. The first-order valence-corrected chi connectivity index (χ1v) is 8.19. The fourth-order valence-electron chi connectivity index (χ4n) is 2.87. The van der Waals surface area contributed by atoms with Crippen molar-refractivity contribution >= 4 is 11.6 Å². The summed E-state index contributed by atoms with van der Waals surface area (Å²) < 4.78 is 12.3. The Labute approximate surface area is 152 Å². The summed E-state index contributed by atoms with van der Waals surface area (Å²) in [7, 11) is 3.14. The van der Waals surface area contributed by atoms with Gasteiger partial charge in [0.05, 0.1) is 36.9 Å². The Hall–Kier alpha value is -3.28. The van der Waals surface area contributed by atoms with E-state index in [1.807, 2.05) is 44.2 Å². The van der Waals surface area contributed by atoms with Crippen LogP contribution in [0.5, 0.6) is 11.5 Å². The monoisotopic (exact) mass is 351 g/mol. The molecule has 0 saturated heterocycles. The molecule has 1 amide bonds. The topological polar surface area (TPSA) is 65.4 Å².